The molecule has 1 heterocycles. The monoisotopic (exact) mass is 501 g/mol. The second-order valence-corrected chi connectivity index (χ2v) is 9.02. The third-order valence-electron chi connectivity index (χ3n) is 6.89. The number of hydrogen-bond acceptors (Lipinski definition) is 5. The van der Waals surface area contributed by atoms with Crippen LogP contribution in [0.5, 0.6) is 11.5 Å². The van der Waals surface area contributed by atoms with Crippen molar-refractivity contribution < 1.29 is 23.9 Å². The largest absolute Gasteiger partial charge is 0.497 e. The molecule has 3 aromatic carbocycles. The van der Waals surface area contributed by atoms with Gasteiger partial charge in [-0.3, -0.25) is 14.4 Å². The Bertz CT molecular complexity index is 1240. The lowest BCUT2D eigenvalue weighted by molar-refractivity contribution is -0.146. The highest BCUT2D eigenvalue weighted by atomic mass is 16.5. The molecule has 0 aliphatic carbocycles. The third-order valence-corrected chi connectivity index (χ3v) is 6.89. The molecular formula is C29H31N3O5. The summed E-state index contributed by atoms with van der Waals surface area (Å²) in [6.45, 7) is 0.330. The number of likely N-dealkylation sites (tertiary alicyclic amines) is 1. The van der Waals surface area contributed by atoms with Gasteiger partial charge in [0.15, 0.2) is 0 Å². The van der Waals surface area contributed by atoms with Crippen molar-refractivity contribution in [1.82, 2.24) is 4.90 Å². The van der Waals surface area contributed by atoms with Gasteiger partial charge in [-0.05, 0) is 60.4 Å². The van der Waals surface area contributed by atoms with E-state index in [1.807, 2.05) is 30.3 Å². The molecule has 3 amide bonds. The van der Waals surface area contributed by atoms with Crippen LogP contribution in [0.15, 0.2) is 78.9 Å². The quantitative estimate of drug-likeness (QED) is 0.466. The number of benzene rings is 3. The molecule has 8 nitrogen and oxygen atoms in total. The summed E-state index contributed by atoms with van der Waals surface area (Å²) in [4.78, 5) is 42.3. The second-order valence-electron chi connectivity index (χ2n) is 9.02. The minimum Gasteiger partial charge on any atom is -0.497 e. The molecule has 2 atom stereocenters. The van der Waals surface area contributed by atoms with Gasteiger partial charge >= 0.3 is 0 Å². The molecule has 0 aromatic heterocycles. The van der Waals surface area contributed by atoms with Crippen LogP contribution in [-0.2, 0) is 20.8 Å². The van der Waals surface area contributed by atoms with Crippen molar-refractivity contribution in [3.05, 3.63) is 90.0 Å². The zero-order valence-corrected chi connectivity index (χ0v) is 21.0. The molecule has 1 saturated heterocycles. The number of rotatable bonds is 9. The Balaban J connectivity index is 1.75. The molecule has 1 aliphatic heterocycles. The summed E-state index contributed by atoms with van der Waals surface area (Å²) in [6.07, 6.45) is 0.923. The molecule has 192 valence electrons. The Kier molecular flexibility index (Phi) is 7.77. The normalized spacial score (nSPS) is 17.6. The summed E-state index contributed by atoms with van der Waals surface area (Å²) in [5, 5.41) is 2.91. The van der Waals surface area contributed by atoms with Gasteiger partial charge in [-0.1, -0.05) is 42.5 Å². The van der Waals surface area contributed by atoms with Crippen molar-refractivity contribution in [2.24, 2.45) is 5.73 Å². The number of methoxy groups -OCH3 is 2. The van der Waals surface area contributed by atoms with Gasteiger partial charge in [-0.25, -0.2) is 0 Å². The van der Waals surface area contributed by atoms with Crippen molar-refractivity contribution in [2.75, 3.05) is 26.1 Å². The van der Waals surface area contributed by atoms with E-state index < -0.39 is 23.3 Å². The van der Waals surface area contributed by atoms with Crippen molar-refractivity contribution in [3.8, 4) is 11.5 Å². The van der Waals surface area contributed by atoms with Crippen molar-refractivity contribution in [3.63, 3.8) is 0 Å². The number of nitrogens with zero attached hydrogens (tertiary/aromatic N) is 1. The first-order valence-electron chi connectivity index (χ1n) is 12.1. The summed E-state index contributed by atoms with van der Waals surface area (Å²) in [7, 11) is 3.11. The van der Waals surface area contributed by atoms with E-state index in [2.05, 4.69) is 5.32 Å². The molecule has 1 unspecified atom stereocenters. The van der Waals surface area contributed by atoms with Crippen LogP contribution in [0.2, 0.25) is 0 Å². The van der Waals surface area contributed by atoms with Gasteiger partial charge in [-0.2, -0.15) is 0 Å². The first-order valence-corrected chi connectivity index (χ1v) is 12.1. The highest BCUT2D eigenvalue weighted by Crippen LogP contribution is 2.43. The van der Waals surface area contributed by atoms with Gasteiger partial charge in [0.1, 0.15) is 17.0 Å². The van der Waals surface area contributed by atoms with Crippen LogP contribution in [0.1, 0.15) is 29.9 Å². The predicted octanol–water partition coefficient (Wildman–Crippen LogP) is 3.52. The molecule has 0 spiro atoms. The minimum atomic E-state index is -1.53. The van der Waals surface area contributed by atoms with Gasteiger partial charge in [0.05, 0.1) is 26.6 Å². The highest BCUT2D eigenvalue weighted by molar-refractivity contribution is 6.04. The Morgan fingerprint density at radius 1 is 0.919 bits per heavy atom. The fourth-order valence-electron chi connectivity index (χ4n) is 5.08. The van der Waals surface area contributed by atoms with Crippen molar-refractivity contribution in [2.45, 2.75) is 30.7 Å². The number of nitrogens with one attached hydrogen (secondary N) is 1. The molecule has 3 N–H and O–H groups in total. The second kappa shape index (κ2) is 11.2. The summed E-state index contributed by atoms with van der Waals surface area (Å²) in [6, 6.07) is 23.1. The molecule has 1 fully saturated rings. The van der Waals surface area contributed by atoms with Crippen molar-refractivity contribution in [1.29, 1.82) is 0 Å². The molecule has 37 heavy (non-hydrogen) atoms. The maximum Gasteiger partial charge on any atom is 0.244 e. The lowest BCUT2D eigenvalue weighted by Gasteiger charge is -2.41. The Morgan fingerprint density at radius 2 is 1.51 bits per heavy atom. The van der Waals surface area contributed by atoms with Crippen LogP contribution in [0.25, 0.3) is 0 Å². The topological polar surface area (TPSA) is 111 Å². The van der Waals surface area contributed by atoms with E-state index in [-0.39, 0.29) is 18.7 Å². The average molecular weight is 502 g/mol. The smallest absolute Gasteiger partial charge is 0.244 e. The van der Waals surface area contributed by atoms with Crippen LogP contribution in [0.3, 0.4) is 0 Å². The van der Waals surface area contributed by atoms with Crippen molar-refractivity contribution >= 4 is 23.4 Å². The van der Waals surface area contributed by atoms with Gasteiger partial charge in [0.25, 0.3) is 0 Å². The average Bonchev–Trinajstić information content (AvgIpc) is 3.36. The van der Waals surface area contributed by atoms with E-state index in [1.165, 1.54) is 4.90 Å². The van der Waals surface area contributed by atoms with Gasteiger partial charge in [0, 0.05) is 12.2 Å². The molecule has 1 aliphatic rings. The molecule has 0 bridgehead atoms. The zero-order chi connectivity index (χ0) is 26.4. The van der Waals surface area contributed by atoms with Crippen LogP contribution in [0.4, 0.5) is 5.69 Å². The van der Waals surface area contributed by atoms with Gasteiger partial charge in [0.2, 0.25) is 17.7 Å². The summed E-state index contributed by atoms with van der Waals surface area (Å²) in [5.41, 5.74) is 6.45. The number of hydrogen-bond donors (Lipinski definition) is 2. The molecule has 0 saturated carbocycles. The first kappa shape index (κ1) is 25.8. The van der Waals surface area contributed by atoms with E-state index >= 15 is 0 Å². The number of nitrogens with two attached hydrogens (primary N) is 1. The molecular weight excluding hydrogens is 470 g/mol. The number of ether oxygens (including phenoxy) is 2. The van der Waals surface area contributed by atoms with E-state index in [9.17, 15) is 14.4 Å². The number of carbonyl (C=O) groups excluding carboxylic acids is 3. The van der Waals surface area contributed by atoms with Crippen LogP contribution >= 0.6 is 0 Å². The van der Waals surface area contributed by atoms with Gasteiger partial charge in [-0.15, -0.1) is 0 Å². The third kappa shape index (κ3) is 5.28. The summed E-state index contributed by atoms with van der Waals surface area (Å²) >= 11 is 0. The summed E-state index contributed by atoms with van der Waals surface area (Å²) < 4.78 is 10.5. The number of anilines is 1. The number of carbonyl (C=O) groups is 3. The highest BCUT2D eigenvalue weighted by Gasteiger charge is 2.56. The SMILES string of the molecule is COc1ccc(NC(=O)[C@@H](c2ccc(OC)cc2)C2(C(N)=O)CCCN2C(=O)Cc2ccccc2)cc1. The van der Waals surface area contributed by atoms with Gasteiger partial charge < -0.3 is 25.4 Å². The number of amides is 3. The first-order chi connectivity index (χ1) is 17.9. The van der Waals surface area contributed by atoms with E-state index in [1.54, 1.807) is 62.8 Å². The fourth-order valence-corrected chi connectivity index (χ4v) is 5.08. The van der Waals surface area contributed by atoms with E-state index in [4.69, 9.17) is 15.2 Å². The fraction of sp³-hybridized carbons (Fsp3) is 0.276. The standard InChI is InChI=1S/C29H31N3O5/c1-36-23-13-9-21(10-14-23)26(27(34)31-22-11-15-24(37-2)16-12-22)29(28(30)35)17-6-18-32(29)25(33)19-20-7-4-3-5-8-20/h3-5,7-16,26H,6,17-19H2,1-2H3,(H2,30,35)(H,31,34)/t26-,29?/m1/s1. The maximum absolute atomic E-state index is 13.9. The van der Waals surface area contributed by atoms with E-state index in [0.717, 1.165) is 5.56 Å². The zero-order valence-electron chi connectivity index (χ0n) is 21.0. The molecule has 4 rings (SSSR count). The lowest BCUT2D eigenvalue weighted by atomic mass is 9.75. The van der Waals surface area contributed by atoms with Crippen LogP contribution in [-0.4, -0.2) is 48.9 Å². The van der Waals surface area contributed by atoms with Crippen LogP contribution < -0.4 is 20.5 Å². The Hall–Kier alpha value is -4.33. The van der Waals surface area contributed by atoms with Crippen LogP contribution in [0, 0.1) is 0 Å². The molecule has 0 radical (unpaired) electrons. The van der Waals surface area contributed by atoms with E-state index in [0.29, 0.717) is 35.7 Å². The Morgan fingerprint density at radius 3 is 2.08 bits per heavy atom. The minimum absolute atomic E-state index is 0.102. The predicted molar refractivity (Wildman–Crippen MR) is 140 cm³/mol. The summed E-state index contributed by atoms with van der Waals surface area (Å²) in [5.74, 6) is -1.19. The molecule has 3 aromatic rings. The molecule has 8 heteroatoms. The maximum atomic E-state index is 13.9. The Labute approximate surface area is 216 Å². The number of primary amides is 1. The lowest BCUT2D eigenvalue weighted by Crippen LogP contribution is -2.62.